The minimum Gasteiger partial charge on any atom is -0.495 e. The van der Waals surface area contributed by atoms with Gasteiger partial charge in [-0.25, -0.2) is 0 Å². The molecule has 0 saturated carbocycles. The monoisotopic (exact) mass is 479 g/mol. The SMILES string of the molecule is CC[C@@H](C)Oc1cc2c(cc1OC)CC(=O)N(c1cc(C)ccc1OC)C2c1ccc(Cl)cc1. The Bertz CT molecular complexity index is 1190. The Labute approximate surface area is 206 Å². The first kappa shape index (κ1) is 24.0. The summed E-state index contributed by atoms with van der Waals surface area (Å²) in [5.41, 5.74) is 4.63. The predicted molar refractivity (Wildman–Crippen MR) is 136 cm³/mol. The number of amides is 1. The fourth-order valence-electron chi connectivity index (χ4n) is 4.34. The fourth-order valence-corrected chi connectivity index (χ4v) is 4.47. The van der Waals surface area contributed by atoms with Crippen LogP contribution in [0.25, 0.3) is 0 Å². The Morgan fingerprint density at radius 1 is 1.00 bits per heavy atom. The number of hydrogen-bond acceptors (Lipinski definition) is 4. The third-order valence-electron chi connectivity index (χ3n) is 6.27. The van der Waals surface area contributed by atoms with Gasteiger partial charge in [-0.3, -0.25) is 9.69 Å². The molecule has 0 aliphatic carbocycles. The molecular weight excluding hydrogens is 450 g/mol. The second-order valence-corrected chi connectivity index (χ2v) is 9.04. The summed E-state index contributed by atoms with van der Waals surface area (Å²) in [5, 5.41) is 0.640. The van der Waals surface area contributed by atoms with Crippen LogP contribution in [0.15, 0.2) is 54.6 Å². The van der Waals surface area contributed by atoms with Crippen LogP contribution in [0.4, 0.5) is 5.69 Å². The highest BCUT2D eigenvalue weighted by Gasteiger charge is 2.37. The van der Waals surface area contributed by atoms with Crippen molar-refractivity contribution < 1.29 is 19.0 Å². The molecule has 1 aliphatic heterocycles. The fraction of sp³-hybridized carbons (Fsp3) is 0.321. The zero-order valence-electron chi connectivity index (χ0n) is 20.2. The average Bonchev–Trinajstić information content (AvgIpc) is 2.83. The molecule has 0 N–H and O–H groups in total. The standard InChI is InChI=1S/C28H30ClNO4/c1-6-18(3)34-26-16-22-20(14-25(26)33-5)15-27(31)30(23-13-17(2)7-12-24(23)32-4)28(22)19-8-10-21(29)11-9-19/h7-14,16,18,28H,6,15H2,1-5H3/t18-,28?/m1/s1. The Morgan fingerprint density at radius 3 is 2.35 bits per heavy atom. The van der Waals surface area contributed by atoms with Crippen LogP contribution in [0.2, 0.25) is 5.02 Å². The van der Waals surface area contributed by atoms with E-state index in [-0.39, 0.29) is 24.5 Å². The first-order valence-corrected chi connectivity index (χ1v) is 11.8. The molecule has 0 aromatic heterocycles. The molecule has 0 spiro atoms. The van der Waals surface area contributed by atoms with E-state index in [4.69, 9.17) is 25.8 Å². The lowest BCUT2D eigenvalue weighted by Crippen LogP contribution is -2.41. The first-order chi connectivity index (χ1) is 16.4. The van der Waals surface area contributed by atoms with E-state index in [2.05, 4.69) is 6.92 Å². The minimum atomic E-state index is -0.380. The second-order valence-electron chi connectivity index (χ2n) is 8.61. The first-order valence-electron chi connectivity index (χ1n) is 11.5. The van der Waals surface area contributed by atoms with E-state index in [1.807, 2.05) is 73.3 Å². The smallest absolute Gasteiger partial charge is 0.232 e. The molecule has 1 heterocycles. The third-order valence-corrected chi connectivity index (χ3v) is 6.52. The molecule has 1 amide bonds. The van der Waals surface area contributed by atoms with Gasteiger partial charge in [0.05, 0.1) is 38.5 Å². The summed E-state index contributed by atoms with van der Waals surface area (Å²) in [6.07, 6.45) is 1.14. The maximum absolute atomic E-state index is 13.7. The largest absolute Gasteiger partial charge is 0.495 e. The lowest BCUT2D eigenvalue weighted by atomic mass is 9.86. The van der Waals surface area contributed by atoms with E-state index in [9.17, 15) is 4.79 Å². The molecule has 6 heteroatoms. The highest BCUT2D eigenvalue weighted by atomic mass is 35.5. The normalized spacial score (nSPS) is 16.1. The van der Waals surface area contributed by atoms with Gasteiger partial charge >= 0.3 is 0 Å². The van der Waals surface area contributed by atoms with Crippen LogP contribution >= 0.6 is 11.6 Å². The summed E-state index contributed by atoms with van der Waals surface area (Å²) in [4.78, 5) is 15.5. The zero-order chi connectivity index (χ0) is 24.4. The highest BCUT2D eigenvalue weighted by molar-refractivity contribution is 6.30. The van der Waals surface area contributed by atoms with Gasteiger partial charge in [-0.05, 0) is 78.9 Å². The van der Waals surface area contributed by atoms with E-state index in [1.165, 1.54) is 0 Å². The van der Waals surface area contributed by atoms with E-state index < -0.39 is 0 Å². The molecule has 3 aromatic carbocycles. The van der Waals surface area contributed by atoms with Crippen LogP contribution < -0.4 is 19.1 Å². The van der Waals surface area contributed by atoms with Crippen LogP contribution in [0, 0.1) is 6.92 Å². The Morgan fingerprint density at radius 2 is 1.71 bits per heavy atom. The van der Waals surface area contributed by atoms with Gasteiger partial charge in [0.1, 0.15) is 5.75 Å². The number of carbonyl (C=O) groups is 1. The van der Waals surface area contributed by atoms with Crippen molar-refractivity contribution >= 4 is 23.2 Å². The topological polar surface area (TPSA) is 48.0 Å². The van der Waals surface area contributed by atoms with Crippen LogP contribution in [0.3, 0.4) is 0 Å². The van der Waals surface area contributed by atoms with Crippen LogP contribution in [0.1, 0.15) is 48.6 Å². The zero-order valence-corrected chi connectivity index (χ0v) is 21.0. The van der Waals surface area contributed by atoms with Crippen molar-refractivity contribution in [1.29, 1.82) is 0 Å². The number of halogens is 1. The van der Waals surface area contributed by atoms with Crippen molar-refractivity contribution in [1.82, 2.24) is 0 Å². The number of anilines is 1. The van der Waals surface area contributed by atoms with Gasteiger partial charge in [0.15, 0.2) is 11.5 Å². The number of carbonyl (C=O) groups excluding carboxylic acids is 1. The summed E-state index contributed by atoms with van der Waals surface area (Å²) in [6, 6.07) is 17.1. The Hall–Kier alpha value is -3.18. The molecule has 0 radical (unpaired) electrons. The quantitative estimate of drug-likeness (QED) is 0.387. The second kappa shape index (κ2) is 9.98. The van der Waals surface area contributed by atoms with E-state index >= 15 is 0 Å². The van der Waals surface area contributed by atoms with Crippen molar-refractivity contribution in [2.45, 2.75) is 45.8 Å². The number of methoxy groups -OCH3 is 2. The maximum atomic E-state index is 13.7. The molecule has 0 saturated heterocycles. The highest BCUT2D eigenvalue weighted by Crippen LogP contribution is 2.46. The maximum Gasteiger partial charge on any atom is 0.232 e. The van der Waals surface area contributed by atoms with Crippen LogP contribution in [-0.4, -0.2) is 26.2 Å². The summed E-state index contributed by atoms with van der Waals surface area (Å²) >= 11 is 6.20. The van der Waals surface area contributed by atoms with Gasteiger partial charge in [0, 0.05) is 5.02 Å². The van der Waals surface area contributed by atoms with Crippen molar-refractivity contribution in [3.05, 3.63) is 81.9 Å². The third kappa shape index (κ3) is 4.58. The lowest BCUT2D eigenvalue weighted by Gasteiger charge is -2.39. The molecule has 1 aliphatic rings. The Kier molecular flexibility index (Phi) is 7.03. The van der Waals surface area contributed by atoms with Gasteiger partial charge in [0.2, 0.25) is 5.91 Å². The van der Waals surface area contributed by atoms with Gasteiger partial charge in [-0.2, -0.15) is 0 Å². The number of nitrogens with zero attached hydrogens (tertiary/aromatic N) is 1. The van der Waals surface area contributed by atoms with Gasteiger partial charge < -0.3 is 14.2 Å². The Balaban J connectivity index is 1.95. The summed E-state index contributed by atoms with van der Waals surface area (Å²) < 4.78 is 17.5. The van der Waals surface area contributed by atoms with E-state index in [1.54, 1.807) is 14.2 Å². The molecule has 0 fully saturated rings. The predicted octanol–water partition coefficient (Wildman–Crippen LogP) is 6.52. The van der Waals surface area contributed by atoms with Crippen LogP contribution in [0.5, 0.6) is 17.2 Å². The lowest BCUT2D eigenvalue weighted by molar-refractivity contribution is -0.118. The number of fused-ring (bicyclic) bond motifs is 1. The summed E-state index contributed by atoms with van der Waals surface area (Å²) in [6.45, 7) is 6.12. The molecule has 0 bridgehead atoms. The number of hydrogen-bond donors (Lipinski definition) is 0. The van der Waals surface area contributed by atoms with Crippen molar-refractivity contribution in [3.8, 4) is 17.2 Å². The number of ether oxygens (including phenoxy) is 3. The number of rotatable bonds is 7. The summed E-state index contributed by atoms with van der Waals surface area (Å²) in [7, 11) is 3.24. The molecule has 1 unspecified atom stereocenters. The van der Waals surface area contributed by atoms with E-state index in [0.717, 1.165) is 34.4 Å². The summed E-state index contributed by atoms with van der Waals surface area (Å²) in [5.74, 6) is 1.92. The van der Waals surface area contributed by atoms with Crippen molar-refractivity contribution in [2.24, 2.45) is 0 Å². The van der Waals surface area contributed by atoms with Gasteiger partial charge in [0.25, 0.3) is 0 Å². The van der Waals surface area contributed by atoms with Crippen molar-refractivity contribution in [3.63, 3.8) is 0 Å². The van der Waals surface area contributed by atoms with Gasteiger partial charge in [-0.1, -0.05) is 36.7 Å². The molecular formula is C28H30ClNO4. The molecule has 34 heavy (non-hydrogen) atoms. The molecule has 5 nitrogen and oxygen atoms in total. The van der Waals surface area contributed by atoms with E-state index in [0.29, 0.717) is 22.3 Å². The van der Waals surface area contributed by atoms with Crippen LogP contribution in [-0.2, 0) is 11.2 Å². The molecule has 2 atom stereocenters. The number of aryl methyl sites for hydroxylation is 1. The molecule has 3 aromatic rings. The average molecular weight is 480 g/mol. The number of benzene rings is 3. The molecule has 178 valence electrons. The molecule has 4 rings (SSSR count). The van der Waals surface area contributed by atoms with Gasteiger partial charge in [-0.15, -0.1) is 0 Å². The van der Waals surface area contributed by atoms with Crippen molar-refractivity contribution in [2.75, 3.05) is 19.1 Å². The minimum absolute atomic E-state index is 0.0194.